The van der Waals surface area contributed by atoms with Crippen LogP contribution in [0.4, 0.5) is 0 Å². The van der Waals surface area contributed by atoms with Gasteiger partial charge in [-0.25, -0.2) is 0 Å². The van der Waals surface area contributed by atoms with Crippen LogP contribution in [0.15, 0.2) is 30.3 Å². The van der Waals surface area contributed by atoms with E-state index in [1.807, 2.05) is 0 Å². The first-order valence-corrected chi connectivity index (χ1v) is 11.0. The SMILES string of the molecule is O[C@@H](COCC[C@H]1C[C@H]2CC[C@H]1C2)CN1CCN(Cc2ccccc2)CC1. The van der Waals surface area contributed by atoms with Crippen LogP contribution in [0.1, 0.15) is 37.7 Å². The lowest BCUT2D eigenvalue weighted by Crippen LogP contribution is -2.48. The standard InChI is InChI=1S/C23H36N2O2/c26-23(18-27-13-8-22-15-20-6-7-21(22)14-20)17-25-11-9-24(10-12-25)16-19-4-2-1-3-5-19/h1-5,20-23,26H,6-18H2/t20-,21-,22-,23+/m0/s1. The smallest absolute Gasteiger partial charge is 0.0900 e. The summed E-state index contributed by atoms with van der Waals surface area (Å²) in [5, 5.41) is 10.3. The second-order valence-electron chi connectivity index (χ2n) is 9.01. The summed E-state index contributed by atoms with van der Waals surface area (Å²) in [6.07, 6.45) is 6.68. The van der Waals surface area contributed by atoms with E-state index >= 15 is 0 Å². The molecule has 2 aliphatic carbocycles. The fourth-order valence-electron chi connectivity index (χ4n) is 5.51. The zero-order valence-electron chi connectivity index (χ0n) is 16.6. The lowest BCUT2D eigenvalue weighted by molar-refractivity contribution is 0.00188. The molecule has 0 unspecified atom stereocenters. The summed E-state index contributed by atoms with van der Waals surface area (Å²) in [5.74, 6) is 2.90. The van der Waals surface area contributed by atoms with Gasteiger partial charge in [0, 0.05) is 45.9 Å². The molecule has 2 saturated carbocycles. The topological polar surface area (TPSA) is 35.9 Å². The number of hydrogen-bond acceptors (Lipinski definition) is 4. The molecule has 3 aliphatic rings. The number of nitrogens with zero attached hydrogens (tertiary/aromatic N) is 2. The van der Waals surface area contributed by atoms with E-state index in [1.54, 1.807) is 0 Å². The predicted molar refractivity (Wildman–Crippen MR) is 109 cm³/mol. The zero-order chi connectivity index (χ0) is 18.5. The maximum Gasteiger partial charge on any atom is 0.0900 e. The minimum absolute atomic E-state index is 0.356. The van der Waals surface area contributed by atoms with Crippen LogP contribution in [0, 0.1) is 17.8 Å². The van der Waals surface area contributed by atoms with Crippen molar-refractivity contribution in [1.82, 2.24) is 9.80 Å². The lowest BCUT2D eigenvalue weighted by atomic mass is 9.87. The number of hydrogen-bond donors (Lipinski definition) is 1. The lowest BCUT2D eigenvalue weighted by Gasteiger charge is -2.35. The van der Waals surface area contributed by atoms with Gasteiger partial charge in [-0.2, -0.15) is 0 Å². The van der Waals surface area contributed by atoms with Gasteiger partial charge in [-0.3, -0.25) is 9.80 Å². The van der Waals surface area contributed by atoms with Gasteiger partial charge in [0.05, 0.1) is 12.7 Å². The van der Waals surface area contributed by atoms with Crippen LogP contribution in [0.5, 0.6) is 0 Å². The Morgan fingerprint density at radius 1 is 1.00 bits per heavy atom. The van der Waals surface area contributed by atoms with Gasteiger partial charge in [0.25, 0.3) is 0 Å². The Balaban J connectivity index is 1.06. The summed E-state index contributed by atoms with van der Waals surface area (Å²) in [5.41, 5.74) is 1.38. The second kappa shape index (κ2) is 9.51. The molecule has 0 radical (unpaired) electrons. The van der Waals surface area contributed by atoms with E-state index in [1.165, 1.54) is 37.7 Å². The van der Waals surface area contributed by atoms with Gasteiger partial charge < -0.3 is 9.84 Å². The number of rotatable bonds is 9. The highest BCUT2D eigenvalue weighted by atomic mass is 16.5. The molecule has 1 N–H and O–H groups in total. The van der Waals surface area contributed by atoms with Crippen molar-refractivity contribution < 1.29 is 9.84 Å². The fraction of sp³-hybridized carbons (Fsp3) is 0.739. The normalized spacial score (nSPS) is 30.0. The van der Waals surface area contributed by atoms with Gasteiger partial charge in [-0.1, -0.05) is 36.8 Å². The average molecular weight is 373 g/mol. The molecule has 0 spiro atoms. The molecule has 1 aliphatic heterocycles. The van der Waals surface area contributed by atoms with Crippen LogP contribution < -0.4 is 0 Å². The molecular formula is C23H36N2O2. The average Bonchev–Trinajstić information content (AvgIpc) is 3.31. The van der Waals surface area contributed by atoms with E-state index in [9.17, 15) is 5.11 Å². The number of β-amino-alcohol motifs (C(OH)–C–C–N with tert-alkyl or cyclic N) is 1. The number of benzene rings is 1. The maximum atomic E-state index is 10.3. The van der Waals surface area contributed by atoms with Gasteiger partial charge in [-0.15, -0.1) is 0 Å². The molecular weight excluding hydrogens is 336 g/mol. The highest BCUT2D eigenvalue weighted by Gasteiger charge is 2.38. The van der Waals surface area contributed by atoms with E-state index in [-0.39, 0.29) is 6.10 Å². The van der Waals surface area contributed by atoms with Crippen molar-refractivity contribution in [1.29, 1.82) is 0 Å². The Hall–Kier alpha value is -0.940. The monoisotopic (exact) mass is 372 g/mol. The molecule has 3 fully saturated rings. The molecule has 4 heteroatoms. The maximum absolute atomic E-state index is 10.3. The molecule has 1 heterocycles. The first-order valence-electron chi connectivity index (χ1n) is 11.0. The number of fused-ring (bicyclic) bond motifs is 2. The first-order chi connectivity index (χ1) is 13.3. The fourth-order valence-corrected chi connectivity index (χ4v) is 5.51. The van der Waals surface area contributed by atoms with E-state index in [4.69, 9.17) is 4.74 Å². The van der Waals surface area contributed by atoms with E-state index in [2.05, 4.69) is 40.1 Å². The molecule has 150 valence electrons. The van der Waals surface area contributed by atoms with Gasteiger partial charge in [-0.05, 0) is 49.0 Å². The molecule has 2 bridgehead atoms. The van der Waals surface area contributed by atoms with Crippen molar-refractivity contribution in [3.8, 4) is 0 Å². The molecule has 0 aromatic heterocycles. The number of aliphatic hydroxyl groups is 1. The zero-order valence-corrected chi connectivity index (χ0v) is 16.6. The molecule has 27 heavy (non-hydrogen) atoms. The molecule has 4 rings (SSSR count). The summed E-state index contributed by atoms with van der Waals surface area (Å²) in [6.45, 7) is 7.32. The summed E-state index contributed by atoms with van der Waals surface area (Å²) in [6, 6.07) is 10.7. The minimum Gasteiger partial charge on any atom is -0.389 e. The minimum atomic E-state index is -0.356. The number of ether oxygens (including phenoxy) is 1. The third-order valence-corrected chi connectivity index (χ3v) is 7.01. The second-order valence-corrected chi connectivity index (χ2v) is 9.01. The van der Waals surface area contributed by atoms with Gasteiger partial charge in [0.15, 0.2) is 0 Å². The van der Waals surface area contributed by atoms with Crippen LogP contribution >= 0.6 is 0 Å². The highest BCUT2D eigenvalue weighted by Crippen LogP contribution is 2.49. The molecule has 1 aromatic carbocycles. The van der Waals surface area contributed by atoms with Crippen molar-refractivity contribution in [2.24, 2.45) is 17.8 Å². The van der Waals surface area contributed by atoms with Crippen LogP contribution in [-0.4, -0.2) is 66.9 Å². The van der Waals surface area contributed by atoms with Crippen LogP contribution in [0.25, 0.3) is 0 Å². The number of aliphatic hydroxyl groups excluding tert-OH is 1. The Bertz CT molecular complexity index is 559. The summed E-state index contributed by atoms with van der Waals surface area (Å²) < 4.78 is 5.82. The van der Waals surface area contributed by atoms with E-state index in [0.29, 0.717) is 6.61 Å². The third kappa shape index (κ3) is 5.54. The molecule has 1 aromatic rings. The molecule has 0 amide bonds. The summed E-state index contributed by atoms with van der Waals surface area (Å²) >= 11 is 0. The van der Waals surface area contributed by atoms with Crippen LogP contribution in [-0.2, 0) is 11.3 Å². The molecule has 4 nitrogen and oxygen atoms in total. The van der Waals surface area contributed by atoms with Crippen molar-refractivity contribution in [2.45, 2.75) is 44.8 Å². The first kappa shape index (κ1) is 19.4. The summed E-state index contributed by atoms with van der Waals surface area (Å²) in [4.78, 5) is 4.88. The number of piperazine rings is 1. The Kier molecular flexibility index (Phi) is 6.82. The Morgan fingerprint density at radius 3 is 2.48 bits per heavy atom. The quantitative estimate of drug-likeness (QED) is 0.676. The Morgan fingerprint density at radius 2 is 1.78 bits per heavy atom. The van der Waals surface area contributed by atoms with Gasteiger partial charge in [0.1, 0.15) is 0 Å². The predicted octanol–water partition coefficient (Wildman–Crippen LogP) is 3.01. The molecule has 4 atom stereocenters. The van der Waals surface area contributed by atoms with Crippen molar-refractivity contribution in [3.63, 3.8) is 0 Å². The molecule has 1 saturated heterocycles. The summed E-state index contributed by atoms with van der Waals surface area (Å²) in [7, 11) is 0. The highest BCUT2D eigenvalue weighted by molar-refractivity contribution is 5.14. The van der Waals surface area contributed by atoms with Gasteiger partial charge >= 0.3 is 0 Å². The van der Waals surface area contributed by atoms with E-state index < -0.39 is 0 Å². The van der Waals surface area contributed by atoms with Gasteiger partial charge in [0.2, 0.25) is 0 Å². The van der Waals surface area contributed by atoms with Crippen molar-refractivity contribution in [3.05, 3.63) is 35.9 Å². The largest absolute Gasteiger partial charge is 0.389 e. The van der Waals surface area contributed by atoms with Crippen LogP contribution in [0.3, 0.4) is 0 Å². The van der Waals surface area contributed by atoms with E-state index in [0.717, 1.165) is 63.6 Å². The van der Waals surface area contributed by atoms with Crippen LogP contribution in [0.2, 0.25) is 0 Å². The Labute approximate surface area is 164 Å². The van der Waals surface area contributed by atoms with Crippen molar-refractivity contribution in [2.75, 3.05) is 45.9 Å². The third-order valence-electron chi connectivity index (χ3n) is 7.01. The van der Waals surface area contributed by atoms with Crippen molar-refractivity contribution >= 4 is 0 Å².